The second kappa shape index (κ2) is 9.06. The molecule has 0 N–H and O–H groups in total. The van der Waals surface area contributed by atoms with Crippen LogP contribution in [0.4, 0.5) is 0 Å². The Labute approximate surface area is 210 Å². The molecule has 0 aliphatic heterocycles. The quantitative estimate of drug-likeness (QED) is 0.241. The van der Waals surface area contributed by atoms with Crippen molar-refractivity contribution in [2.75, 3.05) is 0 Å². The third-order valence-electron chi connectivity index (χ3n) is 5.44. The van der Waals surface area contributed by atoms with Gasteiger partial charge in [-0.05, 0) is 6.92 Å². The maximum Gasteiger partial charge on any atom is 0.124 e. The number of hydrogen-bond donors (Lipinski definition) is 0. The van der Waals surface area contributed by atoms with Crippen molar-refractivity contribution in [3.8, 4) is 52.9 Å². The maximum atomic E-state index is 5.11. The second-order valence-electron chi connectivity index (χ2n) is 7.75. The molecule has 0 radical (unpaired) electrons. The molecule has 6 heteroatoms. The number of aryl methyl sites for hydroxylation is 1. The van der Waals surface area contributed by atoms with Crippen LogP contribution in [0.1, 0.15) is 4.88 Å². The van der Waals surface area contributed by atoms with Gasteiger partial charge >= 0.3 is 0 Å². The highest BCUT2D eigenvalue weighted by molar-refractivity contribution is 7.21. The lowest BCUT2D eigenvalue weighted by molar-refractivity contribution is 1.35. The van der Waals surface area contributed by atoms with Crippen LogP contribution in [0.2, 0.25) is 0 Å². The van der Waals surface area contributed by atoms with Crippen molar-refractivity contribution in [3.05, 3.63) is 102 Å². The van der Waals surface area contributed by atoms with Crippen LogP contribution >= 0.6 is 34.0 Å². The fourth-order valence-electron chi connectivity index (χ4n) is 3.76. The van der Waals surface area contributed by atoms with Gasteiger partial charge in [0.05, 0.1) is 15.4 Å². The summed E-state index contributed by atoms with van der Waals surface area (Å²) in [7, 11) is 0. The van der Waals surface area contributed by atoms with E-state index in [-0.39, 0.29) is 0 Å². The minimum Gasteiger partial charge on any atom is -0.244 e. The van der Waals surface area contributed by atoms with Gasteiger partial charge in [0.1, 0.15) is 20.7 Å². The molecule has 0 amide bonds. The molecular formula is C28H19N3S3. The summed E-state index contributed by atoms with van der Waals surface area (Å²) >= 11 is 5.10. The van der Waals surface area contributed by atoms with Gasteiger partial charge in [0, 0.05) is 27.8 Å². The molecule has 3 aromatic carbocycles. The lowest BCUT2D eigenvalue weighted by Gasteiger charge is -1.98. The monoisotopic (exact) mass is 493 g/mol. The molecule has 0 unspecified atom stereocenters. The molecule has 0 saturated heterocycles. The Kier molecular flexibility index (Phi) is 5.63. The van der Waals surface area contributed by atoms with Crippen molar-refractivity contribution < 1.29 is 0 Å². The van der Waals surface area contributed by atoms with Gasteiger partial charge in [-0.25, -0.2) is 15.0 Å². The molecule has 3 heterocycles. The highest BCUT2D eigenvalue weighted by Crippen LogP contribution is 2.45. The third-order valence-corrected chi connectivity index (χ3v) is 8.62. The summed E-state index contributed by atoms with van der Waals surface area (Å²) in [6.07, 6.45) is 1.94. The summed E-state index contributed by atoms with van der Waals surface area (Å²) in [6, 6.07) is 31.0. The lowest BCUT2D eigenvalue weighted by Crippen LogP contribution is -1.82. The lowest BCUT2D eigenvalue weighted by atomic mass is 10.2. The first-order valence-electron chi connectivity index (χ1n) is 10.9. The number of nitrogens with zero attached hydrogens (tertiary/aromatic N) is 3. The molecule has 6 aromatic rings. The average molecular weight is 494 g/mol. The summed E-state index contributed by atoms with van der Waals surface area (Å²) in [6.45, 7) is 2.15. The summed E-state index contributed by atoms with van der Waals surface area (Å²) < 4.78 is 0. The molecule has 0 atom stereocenters. The van der Waals surface area contributed by atoms with E-state index >= 15 is 0 Å². The van der Waals surface area contributed by atoms with Gasteiger partial charge in [-0.3, -0.25) is 0 Å². The first-order valence-corrected chi connectivity index (χ1v) is 13.3. The number of hydrogen-bond acceptors (Lipinski definition) is 6. The fraction of sp³-hybridized carbons (Fsp3) is 0.0357. The highest BCUT2D eigenvalue weighted by atomic mass is 32.1. The zero-order valence-corrected chi connectivity index (χ0v) is 20.8. The van der Waals surface area contributed by atoms with Gasteiger partial charge in [0.25, 0.3) is 0 Å². The minimum atomic E-state index is 0.955. The molecular weight excluding hydrogens is 475 g/mol. The Morgan fingerprint density at radius 1 is 0.529 bits per heavy atom. The smallest absolute Gasteiger partial charge is 0.124 e. The van der Waals surface area contributed by atoms with Crippen LogP contribution in [0.15, 0.2) is 97.2 Å². The molecule has 0 aliphatic rings. The van der Waals surface area contributed by atoms with Gasteiger partial charge in [-0.2, -0.15) is 0 Å². The zero-order valence-electron chi connectivity index (χ0n) is 18.3. The van der Waals surface area contributed by atoms with Crippen molar-refractivity contribution in [1.82, 2.24) is 15.0 Å². The zero-order chi connectivity index (χ0) is 22.9. The van der Waals surface area contributed by atoms with E-state index in [4.69, 9.17) is 15.0 Å². The molecule has 6 rings (SSSR count). The first-order chi connectivity index (χ1) is 16.8. The molecule has 0 spiro atoms. The number of rotatable bonds is 5. The Balaban J connectivity index is 1.50. The van der Waals surface area contributed by atoms with Crippen molar-refractivity contribution in [2.45, 2.75) is 6.92 Å². The van der Waals surface area contributed by atoms with E-state index in [9.17, 15) is 0 Å². The van der Waals surface area contributed by atoms with Gasteiger partial charge in [0.15, 0.2) is 0 Å². The van der Waals surface area contributed by atoms with E-state index in [0.717, 1.165) is 52.9 Å². The topological polar surface area (TPSA) is 38.7 Å². The third kappa shape index (κ3) is 4.01. The van der Waals surface area contributed by atoms with Crippen LogP contribution in [0, 0.1) is 6.92 Å². The van der Waals surface area contributed by atoms with Crippen molar-refractivity contribution in [1.29, 1.82) is 0 Å². The molecule has 3 nitrogen and oxygen atoms in total. The van der Waals surface area contributed by atoms with E-state index in [1.54, 1.807) is 34.0 Å². The number of aromatic nitrogens is 3. The Morgan fingerprint density at radius 3 is 1.62 bits per heavy atom. The standard InChI is InChI=1S/C28H19N3S3/c1-18-23(30-27(32-18)20-13-7-3-8-14-20)25-24(31-28(34-25)21-15-9-4-10-16-21)22-17-29-26(33-22)19-11-5-2-6-12-19/h2-17H,1H3. The normalized spacial score (nSPS) is 11.1. The maximum absolute atomic E-state index is 5.11. The highest BCUT2D eigenvalue weighted by Gasteiger charge is 2.22. The van der Waals surface area contributed by atoms with Crippen LogP contribution in [0.5, 0.6) is 0 Å². The summed E-state index contributed by atoms with van der Waals surface area (Å²) in [4.78, 5) is 18.3. The Hall–Kier alpha value is -3.45. The van der Waals surface area contributed by atoms with Crippen LogP contribution in [-0.4, -0.2) is 15.0 Å². The number of thiazole rings is 3. The Morgan fingerprint density at radius 2 is 1.03 bits per heavy atom. The summed E-state index contributed by atoms with van der Waals surface area (Å²) in [5.74, 6) is 0. The molecule has 164 valence electrons. The van der Waals surface area contributed by atoms with Crippen molar-refractivity contribution in [3.63, 3.8) is 0 Å². The average Bonchev–Trinajstić information content (AvgIpc) is 3.64. The molecule has 3 aromatic heterocycles. The molecule has 34 heavy (non-hydrogen) atoms. The molecule has 0 saturated carbocycles. The van der Waals surface area contributed by atoms with Gasteiger partial charge in [-0.1, -0.05) is 91.0 Å². The van der Waals surface area contributed by atoms with Gasteiger partial charge in [0.2, 0.25) is 0 Å². The predicted octanol–water partition coefficient (Wildman–Crippen LogP) is 8.70. The van der Waals surface area contributed by atoms with E-state index < -0.39 is 0 Å². The largest absolute Gasteiger partial charge is 0.244 e. The van der Waals surface area contributed by atoms with E-state index in [0.29, 0.717) is 0 Å². The number of benzene rings is 3. The van der Waals surface area contributed by atoms with Crippen LogP contribution in [0.3, 0.4) is 0 Å². The minimum absolute atomic E-state index is 0.955. The van der Waals surface area contributed by atoms with E-state index in [1.807, 2.05) is 36.5 Å². The van der Waals surface area contributed by atoms with Gasteiger partial charge < -0.3 is 0 Å². The second-order valence-corrected chi connectivity index (χ2v) is 11.0. The summed E-state index contributed by atoms with van der Waals surface area (Å²) in [5, 5.41) is 3.02. The summed E-state index contributed by atoms with van der Waals surface area (Å²) in [5.41, 5.74) is 5.34. The van der Waals surface area contributed by atoms with Crippen molar-refractivity contribution in [2.24, 2.45) is 0 Å². The first kappa shape index (κ1) is 21.1. The Bertz CT molecular complexity index is 1550. The van der Waals surface area contributed by atoms with Crippen LogP contribution < -0.4 is 0 Å². The molecule has 0 fully saturated rings. The molecule has 0 bridgehead atoms. The van der Waals surface area contributed by atoms with Gasteiger partial charge in [-0.15, -0.1) is 34.0 Å². The SMILES string of the molecule is Cc1sc(-c2ccccc2)nc1-c1sc(-c2ccccc2)nc1-c1cnc(-c2ccccc2)s1. The fourth-order valence-corrected chi connectivity index (χ4v) is 6.86. The van der Waals surface area contributed by atoms with E-state index in [2.05, 4.69) is 67.6 Å². The molecule has 0 aliphatic carbocycles. The van der Waals surface area contributed by atoms with Crippen LogP contribution in [-0.2, 0) is 0 Å². The van der Waals surface area contributed by atoms with Crippen molar-refractivity contribution >= 4 is 34.0 Å². The predicted molar refractivity (Wildman–Crippen MR) is 145 cm³/mol. The van der Waals surface area contributed by atoms with E-state index in [1.165, 1.54) is 4.88 Å². The van der Waals surface area contributed by atoms with Crippen LogP contribution in [0.25, 0.3) is 52.9 Å².